The number of benzene rings is 1. The lowest BCUT2D eigenvalue weighted by atomic mass is 10.3. The van der Waals surface area contributed by atoms with Gasteiger partial charge in [0.15, 0.2) is 0 Å². The number of halogens is 1. The Hall–Kier alpha value is -1.40. The van der Waals surface area contributed by atoms with Crippen LogP contribution in [0.2, 0.25) is 5.02 Å². The number of rotatable bonds is 4. The molecule has 0 heterocycles. The normalized spacial score (nSPS) is 13.9. The standard InChI is InChI=1S/C12H14ClN3O2S/c13-7-1-4-10(9(14)5-7)19-6-11(17)16-12(18)15-8-2-3-8/h1,4-5,8H,2-3,6,14H2,(H2,15,16,17,18). The molecule has 19 heavy (non-hydrogen) atoms. The van der Waals surface area contributed by atoms with Gasteiger partial charge in [-0.15, -0.1) is 11.8 Å². The van der Waals surface area contributed by atoms with Gasteiger partial charge in [-0.1, -0.05) is 11.6 Å². The zero-order valence-electron chi connectivity index (χ0n) is 10.1. The monoisotopic (exact) mass is 299 g/mol. The van der Waals surface area contributed by atoms with Crippen LogP contribution in [0.25, 0.3) is 0 Å². The first-order valence-corrected chi connectivity index (χ1v) is 7.19. The molecule has 7 heteroatoms. The number of nitrogen functional groups attached to an aromatic ring is 1. The molecule has 0 bridgehead atoms. The van der Waals surface area contributed by atoms with E-state index in [0.717, 1.165) is 17.7 Å². The van der Waals surface area contributed by atoms with Gasteiger partial charge in [0, 0.05) is 21.6 Å². The van der Waals surface area contributed by atoms with E-state index in [9.17, 15) is 9.59 Å². The molecular formula is C12H14ClN3O2S. The second-order valence-corrected chi connectivity index (χ2v) is 5.72. The van der Waals surface area contributed by atoms with Crippen LogP contribution in [0.1, 0.15) is 12.8 Å². The van der Waals surface area contributed by atoms with Gasteiger partial charge < -0.3 is 11.1 Å². The number of carbonyl (C=O) groups is 2. The topological polar surface area (TPSA) is 84.2 Å². The molecule has 0 atom stereocenters. The molecule has 1 fully saturated rings. The SMILES string of the molecule is Nc1cc(Cl)ccc1SCC(=O)NC(=O)NC1CC1. The largest absolute Gasteiger partial charge is 0.398 e. The summed E-state index contributed by atoms with van der Waals surface area (Å²) in [6.07, 6.45) is 1.97. The number of hydrogen-bond acceptors (Lipinski definition) is 4. The van der Waals surface area contributed by atoms with Crippen LogP contribution < -0.4 is 16.4 Å². The maximum Gasteiger partial charge on any atom is 0.321 e. The van der Waals surface area contributed by atoms with Crippen molar-refractivity contribution in [1.82, 2.24) is 10.6 Å². The highest BCUT2D eigenvalue weighted by atomic mass is 35.5. The third-order valence-corrected chi connectivity index (χ3v) is 3.82. The van der Waals surface area contributed by atoms with Crippen LogP contribution in [0.15, 0.2) is 23.1 Å². The third kappa shape index (κ3) is 4.65. The highest BCUT2D eigenvalue weighted by Crippen LogP contribution is 2.27. The van der Waals surface area contributed by atoms with Crippen molar-refractivity contribution in [3.05, 3.63) is 23.2 Å². The van der Waals surface area contributed by atoms with E-state index < -0.39 is 6.03 Å². The number of hydrogen-bond donors (Lipinski definition) is 3. The molecular weight excluding hydrogens is 286 g/mol. The predicted octanol–water partition coefficient (Wildman–Crippen LogP) is 2.00. The van der Waals surface area contributed by atoms with E-state index in [1.54, 1.807) is 18.2 Å². The number of thioether (sulfide) groups is 1. The van der Waals surface area contributed by atoms with E-state index in [2.05, 4.69) is 10.6 Å². The minimum Gasteiger partial charge on any atom is -0.398 e. The molecule has 1 saturated carbocycles. The lowest BCUT2D eigenvalue weighted by Gasteiger charge is -2.07. The van der Waals surface area contributed by atoms with Gasteiger partial charge in [0.25, 0.3) is 0 Å². The van der Waals surface area contributed by atoms with Crippen LogP contribution in [0.3, 0.4) is 0 Å². The number of urea groups is 1. The Morgan fingerprint density at radius 3 is 2.79 bits per heavy atom. The first-order valence-electron chi connectivity index (χ1n) is 5.83. The Bertz CT molecular complexity index is 506. The summed E-state index contributed by atoms with van der Waals surface area (Å²) in [5.74, 6) is -0.221. The minimum atomic E-state index is -0.433. The maximum atomic E-state index is 11.5. The van der Waals surface area contributed by atoms with Crippen molar-refractivity contribution >= 4 is 41.0 Å². The second kappa shape index (κ2) is 6.16. The van der Waals surface area contributed by atoms with Crippen molar-refractivity contribution in [2.75, 3.05) is 11.5 Å². The fraction of sp³-hybridized carbons (Fsp3) is 0.333. The molecule has 0 aromatic heterocycles. The van der Waals surface area contributed by atoms with Crippen LogP contribution in [-0.2, 0) is 4.79 Å². The van der Waals surface area contributed by atoms with E-state index in [1.165, 1.54) is 11.8 Å². The van der Waals surface area contributed by atoms with Gasteiger partial charge in [0.05, 0.1) is 5.75 Å². The van der Waals surface area contributed by atoms with Crippen LogP contribution in [0.5, 0.6) is 0 Å². The summed E-state index contributed by atoms with van der Waals surface area (Å²) in [5.41, 5.74) is 6.29. The Morgan fingerprint density at radius 1 is 1.42 bits per heavy atom. The van der Waals surface area contributed by atoms with Gasteiger partial charge in [-0.2, -0.15) is 0 Å². The van der Waals surface area contributed by atoms with E-state index >= 15 is 0 Å². The minimum absolute atomic E-state index is 0.129. The first-order chi connectivity index (χ1) is 9.04. The quantitative estimate of drug-likeness (QED) is 0.586. The summed E-state index contributed by atoms with van der Waals surface area (Å²) in [6, 6.07) is 4.88. The molecule has 0 radical (unpaired) electrons. The Morgan fingerprint density at radius 2 is 2.16 bits per heavy atom. The van der Waals surface area contributed by atoms with Gasteiger partial charge in [-0.25, -0.2) is 4.79 Å². The lowest BCUT2D eigenvalue weighted by Crippen LogP contribution is -2.41. The molecule has 0 saturated heterocycles. The van der Waals surface area contributed by atoms with Crippen molar-refractivity contribution in [2.45, 2.75) is 23.8 Å². The predicted molar refractivity (Wildman–Crippen MR) is 76.3 cm³/mol. The number of anilines is 1. The molecule has 0 spiro atoms. The zero-order chi connectivity index (χ0) is 13.8. The Balaban J connectivity index is 1.77. The Kier molecular flexibility index (Phi) is 4.55. The van der Waals surface area contributed by atoms with Crippen LogP contribution in [0, 0.1) is 0 Å². The molecule has 1 aromatic carbocycles. The molecule has 1 aliphatic rings. The molecule has 4 N–H and O–H groups in total. The molecule has 1 aliphatic carbocycles. The van der Waals surface area contributed by atoms with Gasteiger partial charge >= 0.3 is 6.03 Å². The summed E-state index contributed by atoms with van der Waals surface area (Å²) in [4.78, 5) is 23.6. The zero-order valence-corrected chi connectivity index (χ0v) is 11.7. The van der Waals surface area contributed by atoms with Crippen molar-refractivity contribution in [2.24, 2.45) is 0 Å². The third-order valence-electron chi connectivity index (χ3n) is 2.50. The first kappa shape index (κ1) is 14.0. The van der Waals surface area contributed by atoms with Crippen molar-refractivity contribution in [3.63, 3.8) is 0 Å². The number of carbonyl (C=O) groups excluding carboxylic acids is 2. The summed E-state index contributed by atoms with van der Waals surface area (Å²) in [6.45, 7) is 0. The molecule has 0 aliphatic heterocycles. The fourth-order valence-electron chi connectivity index (χ4n) is 1.41. The highest BCUT2D eigenvalue weighted by molar-refractivity contribution is 8.00. The van der Waals surface area contributed by atoms with E-state index in [1.807, 2.05) is 0 Å². The van der Waals surface area contributed by atoms with Gasteiger partial charge in [-0.3, -0.25) is 10.1 Å². The van der Waals surface area contributed by atoms with Crippen molar-refractivity contribution in [1.29, 1.82) is 0 Å². The van der Waals surface area contributed by atoms with Crippen molar-refractivity contribution < 1.29 is 9.59 Å². The summed E-state index contributed by atoms with van der Waals surface area (Å²) in [5, 5.41) is 5.51. The van der Waals surface area contributed by atoms with E-state index in [-0.39, 0.29) is 17.7 Å². The number of nitrogens with one attached hydrogen (secondary N) is 2. The van der Waals surface area contributed by atoms with Crippen molar-refractivity contribution in [3.8, 4) is 0 Å². The lowest BCUT2D eigenvalue weighted by molar-refractivity contribution is -0.117. The summed E-state index contributed by atoms with van der Waals surface area (Å²) >= 11 is 7.05. The average molecular weight is 300 g/mol. The smallest absolute Gasteiger partial charge is 0.321 e. The molecule has 1 aromatic rings. The maximum absolute atomic E-state index is 11.5. The van der Waals surface area contributed by atoms with Gasteiger partial charge in [0.2, 0.25) is 5.91 Å². The molecule has 2 rings (SSSR count). The molecule has 102 valence electrons. The van der Waals surface area contributed by atoms with E-state index in [0.29, 0.717) is 10.7 Å². The second-order valence-electron chi connectivity index (χ2n) is 4.27. The van der Waals surface area contributed by atoms with Gasteiger partial charge in [-0.05, 0) is 31.0 Å². The van der Waals surface area contributed by atoms with E-state index in [4.69, 9.17) is 17.3 Å². The highest BCUT2D eigenvalue weighted by Gasteiger charge is 2.23. The molecule has 5 nitrogen and oxygen atoms in total. The summed E-state index contributed by atoms with van der Waals surface area (Å²) in [7, 11) is 0. The van der Waals surface area contributed by atoms with Crippen LogP contribution >= 0.6 is 23.4 Å². The van der Waals surface area contributed by atoms with Gasteiger partial charge in [0.1, 0.15) is 0 Å². The van der Waals surface area contributed by atoms with Crippen LogP contribution in [0.4, 0.5) is 10.5 Å². The number of nitrogens with two attached hydrogens (primary N) is 1. The molecule has 3 amide bonds. The van der Waals surface area contributed by atoms with Crippen LogP contribution in [-0.4, -0.2) is 23.7 Å². The fourth-order valence-corrected chi connectivity index (χ4v) is 2.34. The molecule has 0 unspecified atom stereocenters. The average Bonchev–Trinajstić information content (AvgIpc) is 3.11. The Labute approximate surface area is 120 Å². The summed E-state index contributed by atoms with van der Waals surface area (Å²) < 4.78 is 0. The number of amides is 3. The number of imide groups is 1.